The van der Waals surface area contributed by atoms with Gasteiger partial charge in [-0.15, -0.1) is 0 Å². The van der Waals surface area contributed by atoms with E-state index in [0.717, 1.165) is 36.8 Å². The van der Waals surface area contributed by atoms with E-state index >= 15 is 0 Å². The largest absolute Gasteiger partial charge is 0.496 e. The summed E-state index contributed by atoms with van der Waals surface area (Å²) in [7, 11) is 1.60. The molecule has 0 atom stereocenters. The molecule has 1 aromatic carbocycles. The molecule has 1 aliphatic carbocycles. The summed E-state index contributed by atoms with van der Waals surface area (Å²) in [6, 6.07) is 1.42. The summed E-state index contributed by atoms with van der Waals surface area (Å²) in [6.45, 7) is 2.31. The molecule has 0 bridgehead atoms. The molecular formula is C14H19ClFNO. The van der Waals surface area contributed by atoms with E-state index in [1.807, 2.05) is 6.92 Å². The molecule has 0 saturated heterocycles. The first-order chi connectivity index (χ1) is 8.55. The molecule has 2 N–H and O–H groups in total. The van der Waals surface area contributed by atoms with Crippen LogP contribution in [0.5, 0.6) is 5.75 Å². The van der Waals surface area contributed by atoms with Crippen molar-refractivity contribution in [2.75, 3.05) is 13.7 Å². The number of ether oxygens (including phenoxy) is 1. The number of hydrogen-bond acceptors (Lipinski definition) is 2. The zero-order chi connectivity index (χ0) is 13.3. The van der Waals surface area contributed by atoms with Crippen LogP contribution in [0.1, 0.15) is 36.8 Å². The molecule has 0 unspecified atom stereocenters. The lowest BCUT2D eigenvalue weighted by atomic mass is 9.77. The molecule has 0 amide bonds. The van der Waals surface area contributed by atoms with Crippen molar-refractivity contribution in [2.24, 2.45) is 5.73 Å². The molecule has 2 nitrogen and oxygen atoms in total. The van der Waals surface area contributed by atoms with Crippen molar-refractivity contribution >= 4 is 11.6 Å². The van der Waals surface area contributed by atoms with Crippen molar-refractivity contribution < 1.29 is 9.13 Å². The topological polar surface area (TPSA) is 35.2 Å². The molecule has 1 fully saturated rings. The first-order valence-electron chi connectivity index (χ1n) is 6.29. The van der Waals surface area contributed by atoms with Gasteiger partial charge in [-0.3, -0.25) is 0 Å². The quantitative estimate of drug-likeness (QED) is 0.912. The molecule has 18 heavy (non-hydrogen) atoms. The van der Waals surface area contributed by atoms with Crippen LogP contribution in [-0.2, 0) is 5.41 Å². The minimum absolute atomic E-state index is 0.171. The number of methoxy groups -OCH3 is 1. The van der Waals surface area contributed by atoms with Crippen LogP contribution in [0.2, 0.25) is 5.02 Å². The molecule has 1 saturated carbocycles. The van der Waals surface area contributed by atoms with Crippen molar-refractivity contribution in [3.05, 3.63) is 28.0 Å². The summed E-state index contributed by atoms with van der Waals surface area (Å²) in [5, 5.41) is 0.171. The second-order valence-corrected chi connectivity index (χ2v) is 5.47. The Morgan fingerprint density at radius 2 is 2.06 bits per heavy atom. The van der Waals surface area contributed by atoms with Crippen LogP contribution >= 0.6 is 11.6 Å². The summed E-state index contributed by atoms with van der Waals surface area (Å²) in [6.07, 6.45) is 4.10. The van der Waals surface area contributed by atoms with Gasteiger partial charge >= 0.3 is 0 Å². The summed E-state index contributed by atoms with van der Waals surface area (Å²) in [5.74, 6) is 0.304. The summed E-state index contributed by atoms with van der Waals surface area (Å²) in [5.41, 5.74) is 7.27. The Morgan fingerprint density at radius 1 is 1.44 bits per heavy atom. The molecule has 0 spiro atoms. The maximum Gasteiger partial charge on any atom is 0.142 e. The molecule has 1 aliphatic rings. The zero-order valence-electron chi connectivity index (χ0n) is 10.9. The van der Waals surface area contributed by atoms with E-state index in [1.165, 1.54) is 6.07 Å². The molecule has 2 rings (SSSR count). The second kappa shape index (κ2) is 5.06. The standard InChI is InChI=1S/C14H19ClFNO/c1-9-7-10(16)12(15)11(13(9)18-2)14(8-17)5-3-4-6-14/h7H,3-6,8,17H2,1-2H3. The molecule has 0 aromatic heterocycles. The van der Waals surface area contributed by atoms with Gasteiger partial charge < -0.3 is 10.5 Å². The van der Waals surface area contributed by atoms with Gasteiger partial charge in [0.1, 0.15) is 11.6 Å². The van der Waals surface area contributed by atoms with Crippen LogP contribution in [0.4, 0.5) is 4.39 Å². The van der Waals surface area contributed by atoms with Crippen LogP contribution in [0.3, 0.4) is 0 Å². The van der Waals surface area contributed by atoms with Gasteiger partial charge in [-0.05, 0) is 31.4 Å². The van der Waals surface area contributed by atoms with Gasteiger partial charge in [-0.1, -0.05) is 24.4 Å². The van der Waals surface area contributed by atoms with E-state index in [-0.39, 0.29) is 16.3 Å². The predicted octanol–water partition coefficient (Wildman–Crippen LogP) is 3.57. The minimum Gasteiger partial charge on any atom is -0.496 e. The monoisotopic (exact) mass is 271 g/mol. The molecular weight excluding hydrogens is 253 g/mol. The number of halogens is 2. The second-order valence-electron chi connectivity index (χ2n) is 5.09. The number of nitrogens with two attached hydrogens (primary N) is 1. The fourth-order valence-corrected chi connectivity index (χ4v) is 3.42. The average molecular weight is 272 g/mol. The zero-order valence-corrected chi connectivity index (χ0v) is 11.6. The van der Waals surface area contributed by atoms with Gasteiger partial charge in [-0.25, -0.2) is 4.39 Å². The van der Waals surface area contributed by atoms with Gasteiger partial charge in [0.25, 0.3) is 0 Å². The Balaban J connectivity index is 2.67. The molecule has 4 heteroatoms. The van der Waals surface area contributed by atoms with E-state index < -0.39 is 0 Å². The first kappa shape index (κ1) is 13.6. The highest BCUT2D eigenvalue weighted by molar-refractivity contribution is 6.32. The third-order valence-electron chi connectivity index (χ3n) is 4.04. The van der Waals surface area contributed by atoms with E-state index in [1.54, 1.807) is 7.11 Å². The van der Waals surface area contributed by atoms with E-state index in [4.69, 9.17) is 22.1 Å². The minimum atomic E-state index is -0.385. The number of benzene rings is 1. The van der Waals surface area contributed by atoms with E-state index in [9.17, 15) is 4.39 Å². The van der Waals surface area contributed by atoms with Gasteiger partial charge in [-0.2, -0.15) is 0 Å². The fraction of sp³-hybridized carbons (Fsp3) is 0.571. The highest BCUT2D eigenvalue weighted by Gasteiger charge is 2.39. The van der Waals surface area contributed by atoms with Crippen molar-refractivity contribution in [1.82, 2.24) is 0 Å². The molecule has 0 radical (unpaired) electrons. The lowest BCUT2D eigenvalue weighted by Gasteiger charge is -2.31. The number of aryl methyl sites for hydroxylation is 1. The van der Waals surface area contributed by atoms with Crippen molar-refractivity contribution in [2.45, 2.75) is 38.0 Å². The normalized spacial score (nSPS) is 18.1. The summed E-state index contributed by atoms with van der Waals surface area (Å²) < 4.78 is 19.3. The van der Waals surface area contributed by atoms with E-state index in [0.29, 0.717) is 12.3 Å². The average Bonchev–Trinajstić information content (AvgIpc) is 2.83. The molecule has 0 aliphatic heterocycles. The Hall–Kier alpha value is -0.800. The third-order valence-corrected chi connectivity index (χ3v) is 4.41. The number of rotatable bonds is 3. The fourth-order valence-electron chi connectivity index (χ4n) is 3.08. The summed E-state index contributed by atoms with van der Waals surface area (Å²) >= 11 is 6.19. The Labute approximate surface area is 112 Å². The predicted molar refractivity (Wildman–Crippen MR) is 71.9 cm³/mol. The Bertz CT molecular complexity index is 456. The van der Waals surface area contributed by atoms with E-state index in [2.05, 4.69) is 0 Å². The van der Waals surface area contributed by atoms with Crippen molar-refractivity contribution in [3.63, 3.8) is 0 Å². The molecule has 0 heterocycles. The molecule has 1 aromatic rings. The van der Waals surface area contributed by atoms with Gasteiger partial charge in [0.2, 0.25) is 0 Å². The lowest BCUT2D eigenvalue weighted by Crippen LogP contribution is -2.33. The van der Waals surface area contributed by atoms with Crippen molar-refractivity contribution in [3.8, 4) is 5.75 Å². The van der Waals surface area contributed by atoms with Gasteiger partial charge in [0.05, 0.1) is 12.1 Å². The molecule has 100 valence electrons. The van der Waals surface area contributed by atoms with Crippen LogP contribution in [0.25, 0.3) is 0 Å². The van der Waals surface area contributed by atoms with Gasteiger partial charge in [0.15, 0.2) is 0 Å². The van der Waals surface area contributed by atoms with Crippen molar-refractivity contribution in [1.29, 1.82) is 0 Å². The summed E-state index contributed by atoms with van der Waals surface area (Å²) in [4.78, 5) is 0. The Morgan fingerprint density at radius 3 is 2.56 bits per heavy atom. The maximum absolute atomic E-state index is 13.9. The van der Waals surface area contributed by atoms with Gasteiger partial charge in [0, 0.05) is 17.5 Å². The Kier molecular flexibility index (Phi) is 3.83. The van der Waals surface area contributed by atoms with Crippen LogP contribution < -0.4 is 10.5 Å². The number of hydrogen-bond donors (Lipinski definition) is 1. The smallest absolute Gasteiger partial charge is 0.142 e. The highest BCUT2D eigenvalue weighted by Crippen LogP contribution is 2.48. The maximum atomic E-state index is 13.9. The van der Waals surface area contributed by atoms with Crippen LogP contribution in [-0.4, -0.2) is 13.7 Å². The third kappa shape index (κ3) is 1.99. The van der Waals surface area contributed by atoms with Crippen LogP contribution in [0, 0.1) is 12.7 Å². The van der Waals surface area contributed by atoms with Crippen LogP contribution in [0.15, 0.2) is 6.07 Å². The lowest BCUT2D eigenvalue weighted by molar-refractivity contribution is 0.373. The SMILES string of the molecule is COc1c(C)cc(F)c(Cl)c1C1(CN)CCCC1. The highest BCUT2D eigenvalue weighted by atomic mass is 35.5. The first-order valence-corrected chi connectivity index (χ1v) is 6.66.